The van der Waals surface area contributed by atoms with Crippen molar-refractivity contribution < 1.29 is 18.0 Å². The SMILES string of the molecule is CC(c1ccccc1)N(C1CC(=O)N(c2ccc(C#N)cc2)C1=O)S(=O)(=O)c1ccc(Cl)cc1. The number of sulfonamides is 1. The first-order valence-corrected chi connectivity index (χ1v) is 12.3. The molecule has 4 rings (SSSR count). The minimum Gasteiger partial charge on any atom is -0.274 e. The number of carbonyl (C=O) groups excluding carboxylic acids is 2. The van der Waals surface area contributed by atoms with Crippen LogP contribution in [0.2, 0.25) is 5.02 Å². The smallest absolute Gasteiger partial charge is 0.252 e. The molecule has 3 aromatic rings. The molecule has 34 heavy (non-hydrogen) atoms. The van der Waals surface area contributed by atoms with Gasteiger partial charge in [-0.1, -0.05) is 41.9 Å². The summed E-state index contributed by atoms with van der Waals surface area (Å²) in [5.41, 5.74) is 1.34. The van der Waals surface area contributed by atoms with E-state index in [9.17, 15) is 18.0 Å². The van der Waals surface area contributed by atoms with Gasteiger partial charge in [0.15, 0.2) is 0 Å². The van der Waals surface area contributed by atoms with Gasteiger partial charge in [0.2, 0.25) is 15.9 Å². The Morgan fingerprint density at radius 1 is 1.00 bits per heavy atom. The predicted octanol–water partition coefficient (Wildman–Crippen LogP) is 4.30. The Morgan fingerprint density at radius 2 is 1.62 bits per heavy atom. The van der Waals surface area contributed by atoms with Gasteiger partial charge in [-0.2, -0.15) is 9.57 Å². The van der Waals surface area contributed by atoms with Crippen LogP contribution in [0.1, 0.15) is 30.5 Å². The van der Waals surface area contributed by atoms with Gasteiger partial charge < -0.3 is 0 Å². The van der Waals surface area contributed by atoms with Crippen LogP contribution in [0.4, 0.5) is 5.69 Å². The molecule has 7 nitrogen and oxygen atoms in total. The molecule has 0 radical (unpaired) electrons. The van der Waals surface area contributed by atoms with Crippen LogP contribution >= 0.6 is 11.6 Å². The highest BCUT2D eigenvalue weighted by atomic mass is 35.5. The van der Waals surface area contributed by atoms with Crippen LogP contribution in [0.15, 0.2) is 83.8 Å². The normalized spacial score (nSPS) is 17.1. The van der Waals surface area contributed by atoms with E-state index in [2.05, 4.69) is 0 Å². The van der Waals surface area contributed by atoms with E-state index in [1.165, 1.54) is 48.5 Å². The number of nitriles is 1. The number of rotatable bonds is 6. The summed E-state index contributed by atoms with van der Waals surface area (Å²) >= 11 is 5.94. The van der Waals surface area contributed by atoms with Crippen molar-refractivity contribution in [1.29, 1.82) is 5.26 Å². The Morgan fingerprint density at radius 3 is 2.21 bits per heavy atom. The van der Waals surface area contributed by atoms with Crippen LogP contribution in [0.25, 0.3) is 0 Å². The van der Waals surface area contributed by atoms with E-state index in [-0.39, 0.29) is 17.0 Å². The Kier molecular flexibility index (Phi) is 6.53. The highest BCUT2D eigenvalue weighted by Crippen LogP contribution is 2.35. The fourth-order valence-electron chi connectivity index (χ4n) is 4.02. The lowest BCUT2D eigenvalue weighted by molar-refractivity contribution is -0.122. The minimum atomic E-state index is -4.19. The second-order valence-electron chi connectivity index (χ2n) is 7.82. The highest BCUT2D eigenvalue weighted by Gasteiger charge is 2.48. The van der Waals surface area contributed by atoms with Crippen molar-refractivity contribution in [1.82, 2.24) is 4.31 Å². The van der Waals surface area contributed by atoms with Crippen molar-refractivity contribution in [3.8, 4) is 6.07 Å². The molecule has 9 heteroatoms. The Hall–Kier alpha value is -3.51. The third-order valence-electron chi connectivity index (χ3n) is 5.74. The van der Waals surface area contributed by atoms with Gasteiger partial charge in [0.1, 0.15) is 6.04 Å². The molecular formula is C25H20ClN3O4S. The zero-order valence-electron chi connectivity index (χ0n) is 18.1. The van der Waals surface area contributed by atoms with E-state index >= 15 is 0 Å². The average molecular weight is 494 g/mol. The molecule has 0 aromatic heterocycles. The summed E-state index contributed by atoms with van der Waals surface area (Å²) in [5.74, 6) is -1.16. The summed E-state index contributed by atoms with van der Waals surface area (Å²) in [7, 11) is -4.19. The van der Waals surface area contributed by atoms with Crippen LogP contribution in [-0.2, 0) is 19.6 Å². The molecule has 1 fully saturated rings. The van der Waals surface area contributed by atoms with Gasteiger partial charge in [-0.15, -0.1) is 0 Å². The second-order valence-corrected chi connectivity index (χ2v) is 10.1. The summed E-state index contributed by atoms with van der Waals surface area (Å²) in [5, 5.41) is 9.39. The lowest BCUT2D eigenvalue weighted by atomic mass is 10.1. The molecule has 2 unspecified atom stereocenters. The van der Waals surface area contributed by atoms with Gasteiger partial charge in [-0.05, 0) is 61.0 Å². The first-order chi connectivity index (χ1) is 16.2. The maximum atomic E-state index is 13.8. The molecule has 172 valence electrons. The fraction of sp³-hybridized carbons (Fsp3) is 0.160. The van der Waals surface area contributed by atoms with Crippen molar-refractivity contribution in [2.75, 3.05) is 4.90 Å². The number of imide groups is 1. The summed E-state index contributed by atoms with van der Waals surface area (Å²) < 4.78 is 28.7. The maximum Gasteiger partial charge on any atom is 0.252 e. The minimum absolute atomic E-state index is 0.0308. The van der Waals surface area contributed by atoms with Crippen LogP contribution in [0, 0.1) is 11.3 Å². The number of hydrogen-bond acceptors (Lipinski definition) is 5. The topological polar surface area (TPSA) is 98.5 Å². The number of hydrogen-bond donors (Lipinski definition) is 0. The standard InChI is InChI=1S/C25H20ClN3O4S/c1-17(19-5-3-2-4-6-19)29(34(32,33)22-13-9-20(26)10-14-22)23-15-24(30)28(25(23)31)21-11-7-18(16-27)8-12-21/h2-14,17,23H,15H2,1H3. The lowest BCUT2D eigenvalue weighted by Crippen LogP contribution is -2.46. The monoisotopic (exact) mass is 493 g/mol. The third-order valence-corrected chi connectivity index (χ3v) is 7.98. The zero-order chi connectivity index (χ0) is 24.5. The van der Waals surface area contributed by atoms with Gasteiger partial charge in [-0.25, -0.2) is 13.3 Å². The Balaban J connectivity index is 1.78. The van der Waals surface area contributed by atoms with Gasteiger partial charge in [0.25, 0.3) is 5.91 Å². The first kappa shape index (κ1) is 23.6. The van der Waals surface area contributed by atoms with Crippen LogP contribution in [0.3, 0.4) is 0 Å². The highest BCUT2D eigenvalue weighted by molar-refractivity contribution is 7.89. The number of nitrogens with zero attached hydrogens (tertiary/aromatic N) is 3. The summed E-state index contributed by atoms with van der Waals surface area (Å²) in [4.78, 5) is 27.4. The maximum absolute atomic E-state index is 13.8. The van der Waals surface area contributed by atoms with Gasteiger partial charge in [0.05, 0.1) is 28.6 Å². The van der Waals surface area contributed by atoms with Crippen molar-refractivity contribution in [2.45, 2.75) is 30.3 Å². The molecule has 0 aliphatic carbocycles. The number of benzene rings is 3. The van der Waals surface area contributed by atoms with Gasteiger partial charge >= 0.3 is 0 Å². The molecule has 0 saturated carbocycles. The quantitative estimate of drug-likeness (QED) is 0.477. The second kappa shape index (κ2) is 9.39. The largest absolute Gasteiger partial charge is 0.274 e. The molecular weight excluding hydrogens is 474 g/mol. The van der Waals surface area contributed by atoms with Gasteiger partial charge in [0, 0.05) is 11.1 Å². The van der Waals surface area contributed by atoms with E-state index in [4.69, 9.17) is 16.9 Å². The van der Waals surface area contributed by atoms with Crippen LogP contribution in [-0.4, -0.2) is 30.6 Å². The van der Waals surface area contributed by atoms with Crippen LogP contribution in [0.5, 0.6) is 0 Å². The number of anilines is 1. The summed E-state index contributed by atoms with van der Waals surface area (Å²) in [6.45, 7) is 1.69. The van der Waals surface area contributed by atoms with E-state index in [1.807, 2.05) is 12.1 Å². The van der Waals surface area contributed by atoms with Crippen molar-refractivity contribution in [3.63, 3.8) is 0 Å². The van der Waals surface area contributed by atoms with Crippen molar-refractivity contribution in [3.05, 3.63) is 95.0 Å². The number of amides is 2. The summed E-state index contributed by atoms with van der Waals surface area (Å²) in [6.07, 6.45) is -0.303. The molecule has 1 heterocycles. The zero-order valence-corrected chi connectivity index (χ0v) is 19.7. The summed E-state index contributed by atoms with van der Waals surface area (Å²) in [6, 6.07) is 20.6. The van der Waals surface area contributed by atoms with E-state index in [0.29, 0.717) is 16.1 Å². The Bertz CT molecular complexity index is 1370. The molecule has 0 N–H and O–H groups in total. The lowest BCUT2D eigenvalue weighted by Gasteiger charge is -2.32. The van der Waals surface area contributed by atoms with Gasteiger partial charge in [-0.3, -0.25) is 9.59 Å². The molecule has 0 bridgehead atoms. The van der Waals surface area contributed by atoms with E-state index in [0.717, 1.165) is 9.21 Å². The average Bonchev–Trinajstić information content (AvgIpc) is 3.13. The Labute approximate surface area is 202 Å². The van der Waals surface area contributed by atoms with E-state index in [1.54, 1.807) is 31.2 Å². The predicted molar refractivity (Wildman–Crippen MR) is 127 cm³/mol. The first-order valence-electron chi connectivity index (χ1n) is 10.4. The molecule has 3 aromatic carbocycles. The molecule has 1 saturated heterocycles. The molecule has 1 aliphatic rings. The number of carbonyl (C=O) groups is 2. The van der Waals surface area contributed by atoms with Crippen molar-refractivity contribution >= 4 is 39.1 Å². The molecule has 1 aliphatic heterocycles. The molecule has 2 amide bonds. The van der Waals surface area contributed by atoms with Crippen LogP contribution < -0.4 is 4.90 Å². The van der Waals surface area contributed by atoms with Crippen molar-refractivity contribution in [2.24, 2.45) is 0 Å². The molecule has 0 spiro atoms. The third kappa shape index (κ3) is 4.33. The van der Waals surface area contributed by atoms with E-state index < -0.39 is 33.9 Å². The number of halogens is 1. The molecule has 2 atom stereocenters. The fourth-order valence-corrected chi connectivity index (χ4v) is 5.91.